The fourth-order valence-corrected chi connectivity index (χ4v) is 7.20. The monoisotopic (exact) mass is 556 g/mol. The number of fused-ring (bicyclic) bond motifs is 6. The largest absolute Gasteiger partial charge is 0.0622 e. The number of hydrogen-bond acceptors (Lipinski definition) is 0. The zero-order valence-corrected chi connectivity index (χ0v) is 24.2. The molecule has 0 aliphatic carbocycles. The molecule has 9 aromatic carbocycles. The lowest BCUT2D eigenvalue weighted by atomic mass is 9.83. The maximum absolute atomic E-state index is 2.41. The van der Waals surface area contributed by atoms with E-state index >= 15 is 0 Å². The van der Waals surface area contributed by atoms with Crippen LogP contribution in [0.5, 0.6) is 0 Å². The summed E-state index contributed by atoms with van der Waals surface area (Å²) in [6.45, 7) is 0. The highest BCUT2D eigenvalue weighted by Gasteiger charge is 2.19. The molecule has 0 saturated heterocycles. The van der Waals surface area contributed by atoms with Gasteiger partial charge >= 0.3 is 0 Å². The van der Waals surface area contributed by atoms with Crippen molar-refractivity contribution >= 4 is 53.9 Å². The highest BCUT2D eigenvalue weighted by molar-refractivity contribution is 6.24. The van der Waals surface area contributed by atoms with Crippen molar-refractivity contribution in [2.45, 2.75) is 0 Å². The Balaban J connectivity index is 1.42. The van der Waals surface area contributed by atoms with Crippen LogP contribution < -0.4 is 0 Å². The molecule has 0 heterocycles. The first-order valence-corrected chi connectivity index (χ1v) is 15.3. The van der Waals surface area contributed by atoms with Gasteiger partial charge < -0.3 is 0 Å². The Morgan fingerprint density at radius 2 is 0.773 bits per heavy atom. The topological polar surface area (TPSA) is 0 Å². The SMILES string of the molecule is c1ccc(-c2ccc3c(-c4ccc5c(ccc6ccccc65)c4)c4ccccc4c(-c4cccc5ccccc45)c3c2)cc1. The molecule has 0 N–H and O–H groups in total. The van der Waals surface area contributed by atoms with Crippen molar-refractivity contribution in [2.75, 3.05) is 0 Å². The van der Waals surface area contributed by atoms with Gasteiger partial charge in [-0.3, -0.25) is 0 Å². The van der Waals surface area contributed by atoms with Crippen LogP contribution in [0.25, 0.3) is 87.2 Å². The van der Waals surface area contributed by atoms with E-state index < -0.39 is 0 Å². The third-order valence-corrected chi connectivity index (χ3v) is 9.22. The van der Waals surface area contributed by atoms with Gasteiger partial charge in [-0.25, -0.2) is 0 Å². The van der Waals surface area contributed by atoms with Crippen LogP contribution in [0.3, 0.4) is 0 Å². The second-order valence-corrected chi connectivity index (χ2v) is 11.7. The first kappa shape index (κ1) is 24.8. The Bertz CT molecular complexity index is 2530. The molecule has 0 radical (unpaired) electrons. The molecule has 44 heavy (non-hydrogen) atoms. The summed E-state index contributed by atoms with van der Waals surface area (Å²) >= 11 is 0. The van der Waals surface area contributed by atoms with Gasteiger partial charge in [-0.15, -0.1) is 0 Å². The molecule has 0 bridgehead atoms. The molecule has 9 aromatic rings. The minimum Gasteiger partial charge on any atom is -0.0622 e. The van der Waals surface area contributed by atoms with E-state index in [9.17, 15) is 0 Å². The van der Waals surface area contributed by atoms with E-state index in [1.807, 2.05) is 0 Å². The third kappa shape index (κ3) is 3.85. The van der Waals surface area contributed by atoms with E-state index in [0.717, 1.165) is 0 Å². The van der Waals surface area contributed by atoms with Crippen LogP contribution in [0.15, 0.2) is 170 Å². The summed E-state index contributed by atoms with van der Waals surface area (Å²) in [6.07, 6.45) is 0. The Kier molecular flexibility index (Phi) is 5.61. The van der Waals surface area contributed by atoms with Crippen LogP contribution in [0.1, 0.15) is 0 Å². The van der Waals surface area contributed by atoms with E-state index in [1.165, 1.54) is 87.2 Å². The maximum Gasteiger partial charge on any atom is -0.00199 e. The molecule has 0 amide bonds. The predicted molar refractivity (Wildman–Crippen MR) is 190 cm³/mol. The quantitative estimate of drug-likeness (QED) is 0.150. The summed E-state index contributed by atoms with van der Waals surface area (Å²) in [4.78, 5) is 0. The highest BCUT2D eigenvalue weighted by Crippen LogP contribution is 2.46. The average molecular weight is 557 g/mol. The van der Waals surface area contributed by atoms with Crippen molar-refractivity contribution < 1.29 is 0 Å². The number of rotatable bonds is 3. The normalized spacial score (nSPS) is 11.6. The zero-order chi connectivity index (χ0) is 29.0. The van der Waals surface area contributed by atoms with Gasteiger partial charge in [-0.05, 0) is 99.4 Å². The van der Waals surface area contributed by atoms with Gasteiger partial charge in [-0.1, -0.05) is 158 Å². The summed E-state index contributed by atoms with van der Waals surface area (Å²) < 4.78 is 0. The van der Waals surface area contributed by atoms with Crippen LogP contribution in [-0.4, -0.2) is 0 Å². The van der Waals surface area contributed by atoms with Gasteiger partial charge in [0.2, 0.25) is 0 Å². The lowest BCUT2D eigenvalue weighted by Gasteiger charge is -2.20. The number of hydrogen-bond donors (Lipinski definition) is 0. The van der Waals surface area contributed by atoms with Crippen molar-refractivity contribution in [2.24, 2.45) is 0 Å². The lowest BCUT2D eigenvalue weighted by molar-refractivity contribution is 1.64. The highest BCUT2D eigenvalue weighted by atomic mass is 14.2. The minimum absolute atomic E-state index is 1.23. The van der Waals surface area contributed by atoms with E-state index in [-0.39, 0.29) is 0 Å². The summed E-state index contributed by atoms with van der Waals surface area (Å²) in [5.41, 5.74) is 7.54. The van der Waals surface area contributed by atoms with Crippen LogP contribution >= 0.6 is 0 Å². The Hall–Kier alpha value is -5.72. The van der Waals surface area contributed by atoms with Crippen LogP contribution in [0.2, 0.25) is 0 Å². The average Bonchev–Trinajstić information content (AvgIpc) is 3.10. The fraction of sp³-hybridized carbons (Fsp3) is 0. The molecule has 9 rings (SSSR count). The van der Waals surface area contributed by atoms with Crippen LogP contribution in [-0.2, 0) is 0 Å². The minimum atomic E-state index is 1.23. The molecule has 204 valence electrons. The number of benzene rings is 9. The summed E-state index contributed by atoms with van der Waals surface area (Å²) in [6, 6.07) is 62.4. The molecule has 0 aliphatic rings. The molecule has 0 nitrogen and oxygen atoms in total. The summed E-state index contributed by atoms with van der Waals surface area (Å²) in [5.74, 6) is 0. The molecule has 0 aliphatic heterocycles. The van der Waals surface area contributed by atoms with E-state index in [1.54, 1.807) is 0 Å². The van der Waals surface area contributed by atoms with Gasteiger partial charge in [-0.2, -0.15) is 0 Å². The van der Waals surface area contributed by atoms with Gasteiger partial charge in [0.25, 0.3) is 0 Å². The van der Waals surface area contributed by atoms with Crippen LogP contribution in [0, 0.1) is 0 Å². The van der Waals surface area contributed by atoms with Crippen molar-refractivity contribution in [1.29, 1.82) is 0 Å². The van der Waals surface area contributed by atoms with Gasteiger partial charge in [0.05, 0.1) is 0 Å². The first-order valence-electron chi connectivity index (χ1n) is 15.3. The van der Waals surface area contributed by atoms with Crippen molar-refractivity contribution in [3.8, 4) is 33.4 Å². The molecular formula is C44H28. The zero-order valence-electron chi connectivity index (χ0n) is 24.2. The van der Waals surface area contributed by atoms with Crippen LogP contribution in [0.4, 0.5) is 0 Å². The van der Waals surface area contributed by atoms with Crippen molar-refractivity contribution in [3.05, 3.63) is 170 Å². The lowest BCUT2D eigenvalue weighted by Crippen LogP contribution is -1.92. The fourth-order valence-electron chi connectivity index (χ4n) is 7.20. The molecule has 0 aromatic heterocycles. The molecule has 0 heteroatoms. The standard InChI is InChI=1S/C44H28/c1-2-11-29(12-3-1)32-23-26-41-42(28-32)44(38-20-10-15-30-13-4-7-17-36(30)38)40-19-9-8-18-39(40)43(41)34-24-25-37-33(27-34)22-21-31-14-5-6-16-35(31)37/h1-28H. The second-order valence-electron chi connectivity index (χ2n) is 11.7. The Morgan fingerprint density at radius 3 is 1.59 bits per heavy atom. The molecule has 0 atom stereocenters. The third-order valence-electron chi connectivity index (χ3n) is 9.22. The molecule has 0 spiro atoms. The van der Waals surface area contributed by atoms with E-state index in [4.69, 9.17) is 0 Å². The molecule has 0 unspecified atom stereocenters. The van der Waals surface area contributed by atoms with Gasteiger partial charge in [0.1, 0.15) is 0 Å². The first-order chi connectivity index (χ1) is 21.8. The Labute approximate surface area is 256 Å². The summed E-state index contributed by atoms with van der Waals surface area (Å²) in [7, 11) is 0. The molecule has 0 saturated carbocycles. The van der Waals surface area contributed by atoms with Crippen molar-refractivity contribution in [1.82, 2.24) is 0 Å². The maximum atomic E-state index is 2.41. The molecular weight excluding hydrogens is 528 g/mol. The Morgan fingerprint density at radius 1 is 0.227 bits per heavy atom. The summed E-state index contributed by atoms with van der Waals surface area (Å²) in [5, 5.41) is 12.7. The van der Waals surface area contributed by atoms with Gasteiger partial charge in [0.15, 0.2) is 0 Å². The molecule has 0 fully saturated rings. The van der Waals surface area contributed by atoms with Crippen molar-refractivity contribution in [3.63, 3.8) is 0 Å². The second kappa shape index (κ2) is 9.93. The predicted octanol–water partition coefficient (Wildman–Crippen LogP) is 12.5. The van der Waals surface area contributed by atoms with E-state index in [0.29, 0.717) is 0 Å². The van der Waals surface area contributed by atoms with E-state index in [2.05, 4.69) is 170 Å². The smallest absolute Gasteiger partial charge is 0.00199 e. The van der Waals surface area contributed by atoms with Gasteiger partial charge in [0, 0.05) is 0 Å².